The number of hydrogen-bond donors (Lipinski definition) is 0. The molecule has 8 heterocycles. The quantitative estimate of drug-likeness (QED) is 0.0904. The largest absolute Gasteiger partial charge is 0.458 e. The van der Waals surface area contributed by atoms with Gasteiger partial charge < -0.3 is 32.8 Å². The van der Waals surface area contributed by atoms with Gasteiger partial charge in [0.15, 0.2) is 17.1 Å². The van der Waals surface area contributed by atoms with E-state index in [1.165, 1.54) is 41.5 Å². The Hall–Kier alpha value is -6.93. The maximum atomic E-state index is 14.1. The molecule has 13 heteroatoms. The van der Waals surface area contributed by atoms with Gasteiger partial charge in [0.25, 0.3) is 11.1 Å². The van der Waals surface area contributed by atoms with Crippen LogP contribution in [0.25, 0.3) is 44.6 Å². The molecule has 3 aromatic carbocycles. The lowest BCUT2D eigenvalue weighted by atomic mass is 9.76. The van der Waals surface area contributed by atoms with Crippen LogP contribution in [0.15, 0.2) is 101 Å². The van der Waals surface area contributed by atoms with Crippen molar-refractivity contribution in [2.45, 2.75) is 175 Å². The van der Waals surface area contributed by atoms with Gasteiger partial charge in [0.1, 0.15) is 12.2 Å². The summed E-state index contributed by atoms with van der Waals surface area (Å²) >= 11 is 0. The van der Waals surface area contributed by atoms with E-state index in [-0.39, 0.29) is 30.1 Å². The third-order valence-electron chi connectivity index (χ3n) is 17.2. The number of aromatic nitrogens is 4. The molecular weight excluding hydrogens is 991 g/mol. The molecule has 4 aliphatic heterocycles. The summed E-state index contributed by atoms with van der Waals surface area (Å²) in [5, 5.41) is 2.25. The number of rotatable bonds is 11. The van der Waals surface area contributed by atoms with Crippen LogP contribution in [0.3, 0.4) is 0 Å². The van der Waals surface area contributed by atoms with Gasteiger partial charge in [-0.3, -0.25) is 14.5 Å². The van der Waals surface area contributed by atoms with Crippen LogP contribution in [0, 0.1) is 0 Å². The lowest BCUT2D eigenvalue weighted by Gasteiger charge is -2.40. The molecule has 79 heavy (non-hydrogen) atoms. The maximum Gasteiger partial charge on any atom is 0.343 e. The summed E-state index contributed by atoms with van der Waals surface area (Å²) in [6.45, 7) is 27.8. The zero-order valence-corrected chi connectivity index (χ0v) is 47.6. The summed E-state index contributed by atoms with van der Waals surface area (Å²) in [5.74, 6) is 1.56. The second-order valence-corrected chi connectivity index (χ2v) is 24.7. The molecule has 0 spiro atoms. The number of carbonyl (C=O) groups excluding carboxylic acids is 1. The van der Waals surface area contributed by atoms with E-state index in [9.17, 15) is 14.4 Å². The highest BCUT2D eigenvalue weighted by Gasteiger charge is 2.51. The van der Waals surface area contributed by atoms with Crippen LogP contribution in [0.4, 0.5) is 0 Å². The number of pyridine rings is 4. The standard InChI is InChI=1S/C36H41N3O4.C30H32N2O4/c1-7-36(43-35(4,5)6)29-19-31-32-27(21-39(31)33(40)28(29)22-42-34(36)41)25(26-15-11-12-16-30(26)37-32)17-18-38(23(2)3)20-24-13-9-8-10-14-24;1-6-30(36-29(3,4)5)16(2)10-18-21(30)12-23-27-20(14-32(23)28(18)33)26(17-8-7-9-17)19-11-24-25(35-15-34-24)13-22(19)31-27/h8-16,19,23H,7,17-18,20-22H2,1-6H3;11-13,17H,2,6-10,14-15H2,1,3-5H3/t36-;30-/m01/s1. The average molecular weight is 1060 g/mol. The summed E-state index contributed by atoms with van der Waals surface area (Å²) in [6.07, 6.45) is 6.04. The Kier molecular flexibility index (Phi) is 13.0. The third kappa shape index (κ3) is 8.82. The smallest absolute Gasteiger partial charge is 0.343 e. The predicted molar refractivity (Wildman–Crippen MR) is 308 cm³/mol. The Morgan fingerprint density at radius 2 is 1.30 bits per heavy atom. The molecule has 0 unspecified atom stereocenters. The molecule has 0 N–H and O–H groups in total. The van der Waals surface area contributed by atoms with E-state index in [4.69, 9.17) is 33.7 Å². The minimum atomic E-state index is -1.35. The zero-order chi connectivity index (χ0) is 55.5. The van der Waals surface area contributed by atoms with Crippen molar-refractivity contribution in [3.63, 3.8) is 0 Å². The molecule has 0 radical (unpaired) electrons. The second-order valence-electron chi connectivity index (χ2n) is 24.7. The minimum Gasteiger partial charge on any atom is -0.458 e. The van der Waals surface area contributed by atoms with Crippen molar-refractivity contribution in [2.24, 2.45) is 0 Å². The fourth-order valence-electron chi connectivity index (χ4n) is 13.4. The first-order valence-electron chi connectivity index (χ1n) is 28.5. The molecule has 1 fully saturated rings. The molecule has 0 saturated heterocycles. The van der Waals surface area contributed by atoms with Crippen molar-refractivity contribution in [2.75, 3.05) is 13.3 Å². The highest BCUT2D eigenvalue weighted by atomic mass is 16.7. The number of cyclic esters (lactones) is 1. The average Bonchev–Trinajstić information content (AvgIpc) is 3.19. The van der Waals surface area contributed by atoms with Crippen molar-refractivity contribution in [1.82, 2.24) is 24.0 Å². The molecule has 13 rings (SSSR count). The van der Waals surface area contributed by atoms with Gasteiger partial charge in [-0.05, 0) is 146 Å². The number of para-hydroxylation sites is 1. The number of fused-ring (bicyclic) bond motifs is 11. The Balaban J connectivity index is 0.000000160. The number of carbonyl (C=O) groups is 1. The Labute approximate surface area is 462 Å². The molecule has 7 aromatic rings. The van der Waals surface area contributed by atoms with E-state index in [2.05, 4.69) is 108 Å². The van der Waals surface area contributed by atoms with Crippen LogP contribution >= 0.6 is 0 Å². The molecule has 2 atom stereocenters. The molecule has 13 nitrogen and oxygen atoms in total. The molecule has 410 valence electrons. The number of esters is 1. The Morgan fingerprint density at radius 1 is 0.709 bits per heavy atom. The van der Waals surface area contributed by atoms with E-state index in [0.717, 1.165) is 104 Å². The molecular formula is C66H73N5O8. The van der Waals surface area contributed by atoms with Crippen molar-refractivity contribution in [3.8, 4) is 34.3 Å². The third-order valence-corrected chi connectivity index (χ3v) is 17.2. The number of benzene rings is 3. The molecule has 0 bridgehead atoms. The summed E-state index contributed by atoms with van der Waals surface area (Å²) in [5.41, 5.74) is 12.0. The maximum absolute atomic E-state index is 14.1. The highest BCUT2D eigenvalue weighted by Crippen LogP contribution is 2.52. The predicted octanol–water partition coefficient (Wildman–Crippen LogP) is 12.3. The van der Waals surface area contributed by atoms with Gasteiger partial charge in [0.2, 0.25) is 6.79 Å². The topological polar surface area (TPSA) is 136 Å². The Bertz CT molecular complexity index is 3780. The fraction of sp³-hybridized carbons (Fsp3) is 0.439. The lowest BCUT2D eigenvalue weighted by molar-refractivity contribution is -0.200. The van der Waals surface area contributed by atoms with Crippen LogP contribution in [0.2, 0.25) is 0 Å². The van der Waals surface area contributed by atoms with E-state index >= 15 is 0 Å². The van der Waals surface area contributed by atoms with Crippen molar-refractivity contribution >= 4 is 27.8 Å². The zero-order valence-electron chi connectivity index (χ0n) is 47.6. The minimum absolute atomic E-state index is 0.0516. The summed E-state index contributed by atoms with van der Waals surface area (Å²) < 4.78 is 33.8. The number of hydrogen-bond acceptors (Lipinski definition) is 11. The van der Waals surface area contributed by atoms with E-state index < -0.39 is 22.8 Å². The van der Waals surface area contributed by atoms with E-state index in [0.29, 0.717) is 49.0 Å². The van der Waals surface area contributed by atoms with E-state index in [1.807, 2.05) is 56.5 Å². The van der Waals surface area contributed by atoms with Gasteiger partial charge in [-0.2, -0.15) is 0 Å². The molecule has 0 amide bonds. The Morgan fingerprint density at radius 3 is 1.95 bits per heavy atom. The van der Waals surface area contributed by atoms with Gasteiger partial charge in [0.05, 0.1) is 63.7 Å². The monoisotopic (exact) mass is 1060 g/mol. The first kappa shape index (κ1) is 52.8. The van der Waals surface area contributed by atoms with Crippen LogP contribution < -0.4 is 20.6 Å². The lowest BCUT2D eigenvalue weighted by Crippen LogP contribution is -2.49. The van der Waals surface area contributed by atoms with Gasteiger partial charge in [-0.15, -0.1) is 0 Å². The number of ether oxygens (including phenoxy) is 5. The molecule has 2 aliphatic carbocycles. The summed E-state index contributed by atoms with van der Waals surface area (Å²) in [4.78, 5) is 54.1. The van der Waals surface area contributed by atoms with Crippen molar-refractivity contribution in [1.29, 1.82) is 0 Å². The first-order valence-corrected chi connectivity index (χ1v) is 28.5. The molecule has 6 aliphatic rings. The van der Waals surface area contributed by atoms with Crippen LogP contribution in [0.5, 0.6) is 11.5 Å². The van der Waals surface area contributed by atoms with E-state index in [1.54, 1.807) is 4.57 Å². The SMILES string of the molecule is C=C1Cc2c(cc3n(c2=O)Cc2c-3nc3cc4c(cc3c2C2CCC2)OCO4)[C@]1(CC)OC(C)(C)C.CC[C@@]1(OC(C)(C)C)C(=O)OCc2c1cc1n(c2=O)Cc2c-1nc1ccccc1c2CCN(Cc1ccccc1)C(C)C. The molecule has 4 aromatic heterocycles. The van der Waals surface area contributed by atoms with Crippen molar-refractivity contribution < 1.29 is 28.5 Å². The van der Waals surface area contributed by atoms with Gasteiger partial charge in [-0.1, -0.05) is 75.4 Å². The summed E-state index contributed by atoms with van der Waals surface area (Å²) in [7, 11) is 0. The van der Waals surface area contributed by atoms with Crippen LogP contribution in [-0.4, -0.2) is 60.6 Å². The number of nitrogens with zero attached hydrogens (tertiary/aromatic N) is 5. The second kappa shape index (κ2) is 19.4. The van der Waals surface area contributed by atoms with Crippen LogP contribution in [-0.2, 0) is 69.3 Å². The van der Waals surface area contributed by atoms with Gasteiger partial charge in [0, 0.05) is 64.6 Å². The highest BCUT2D eigenvalue weighted by molar-refractivity contribution is 5.92. The first-order chi connectivity index (χ1) is 37.7. The normalized spacial score (nSPS) is 19.7. The van der Waals surface area contributed by atoms with Gasteiger partial charge >= 0.3 is 5.97 Å². The van der Waals surface area contributed by atoms with Gasteiger partial charge in [-0.25, -0.2) is 14.8 Å². The summed E-state index contributed by atoms with van der Waals surface area (Å²) in [6, 6.07) is 27.4. The fourth-order valence-corrected chi connectivity index (χ4v) is 13.4. The van der Waals surface area contributed by atoms with Crippen molar-refractivity contribution in [3.05, 3.63) is 162 Å². The molecule has 1 saturated carbocycles. The van der Waals surface area contributed by atoms with Crippen LogP contribution in [0.1, 0.15) is 157 Å².